The zero-order valence-electron chi connectivity index (χ0n) is 12.4. The van der Waals surface area contributed by atoms with Gasteiger partial charge in [-0.15, -0.1) is 0 Å². The Morgan fingerprint density at radius 1 is 1.29 bits per heavy atom. The van der Waals surface area contributed by atoms with E-state index in [2.05, 4.69) is 0 Å². The minimum atomic E-state index is -0.141. The lowest BCUT2D eigenvalue weighted by atomic mass is 10.3. The smallest absolute Gasteiger partial charge is 0.325 e. The van der Waals surface area contributed by atoms with Crippen molar-refractivity contribution in [2.45, 2.75) is 13.8 Å². The molecule has 0 atom stereocenters. The van der Waals surface area contributed by atoms with E-state index in [-0.39, 0.29) is 18.5 Å². The van der Waals surface area contributed by atoms with Crippen molar-refractivity contribution in [2.24, 2.45) is 0 Å². The summed E-state index contributed by atoms with van der Waals surface area (Å²) in [5, 5.41) is 0.595. The molecule has 6 heteroatoms. The fourth-order valence-corrected chi connectivity index (χ4v) is 2.64. The maximum absolute atomic E-state index is 12.4. The molecular weight excluding hydrogens is 290 g/mol. The van der Waals surface area contributed by atoms with E-state index in [0.29, 0.717) is 31.2 Å². The Labute approximate surface area is 130 Å². The number of rotatable bonds is 5. The summed E-state index contributed by atoms with van der Waals surface area (Å²) in [6, 6.07) is 7.05. The molecule has 0 aromatic heterocycles. The summed E-state index contributed by atoms with van der Waals surface area (Å²) in [5.41, 5.74) is 0.769. The highest BCUT2D eigenvalue weighted by Gasteiger charge is 2.31. The number of anilines is 1. The third kappa shape index (κ3) is 3.47. The Bertz CT molecular complexity index is 531. The third-order valence-corrected chi connectivity index (χ3v) is 3.89. The highest BCUT2D eigenvalue weighted by atomic mass is 35.5. The van der Waals surface area contributed by atoms with Gasteiger partial charge < -0.3 is 9.80 Å². The molecule has 0 spiro atoms. The van der Waals surface area contributed by atoms with Crippen LogP contribution in [0.25, 0.3) is 0 Å². The SMILES string of the molecule is CCN(CC)C(=O)CN1CCN(c2cccc(Cl)c2)C1=O. The van der Waals surface area contributed by atoms with Gasteiger partial charge in [-0.2, -0.15) is 0 Å². The first-order chi connectivity index (χ1) is 10.1. The molecule has 1 aromatic carbocycles. The fourth-order valence-electron chi connectivity index (χ4n) is 2.45. The predicted octanol–water partition coefficient (Wildman–Crippen LogP) is 2.45. The van der Waals surface area contributed by atoms with Gasteiger partial charge in [0.15, 0.2) is 0 Å². The standard InChI is InChI=1S/C15H20ClN3O2/c1-3-17(4-2)14(20)11-18-8-9-19(15(18)21)13-7-5-6-12(16)10-13/h5-7,10H,3-4,8-9,11H2,1-2H3. The first-order valence-corrected chi connectivity index (χ1v) is 7.54. The van der Waals surface area contributed by atoms with Crippen LogP contribution in [-0.4, -0.2) is 54.5 Å². The van der Waals surface area contributed by atoms with E-state index in [9.17, 15) is 9.59 Å². The number of hydrogen-bond acceptors (Lipinski definition) is 2. The van der Waals surface area contributed by atoms with Gasteiger partial charge in [0.2, 0.25) is 5.91 Å². The van der Waals surface area contributed by atoms with Crippen LogP contribution in [0.1, 0.15) is 13.8 Å². The Balaban J connectivity index is 2.03. The summed E-state index contributed by atoms with van der Waals surface area (Å²) >= 11 is 5.96. The second-order valence-electron chi connectivity index (χ2n) is 4.90. The molecular formula is C15H20ClN3O2. The summed E-state index contributed by atoms with van der Waals surface area (Å²) < 4.78 is 0. The van der Waals surface area contributed by atoms with Gasteiger partial charge in [0.05, 0.1) is 0 Å². The van der Waals surface area contributed by atoms with E-state index >= 15 is 0 Å². The Morgan fingerprint density at radius 3 is 2.62 bits per heavy atom. The first-order valence-electron chi connectivity index (χ1n) is 7.16. The molecule has 1 fully saturated rings. The van der Waals surface area contributed by atoms with Crippen LogP contribution in [0.5, 0.6) is 0 Å². The predicted molar refractivity (Wildman–Crippen MR) is 83.7 cm³/mol. The van der Waals surface area contributed by atoms with Crippen LogP contribution >= 0.6 is 11.6 Å². The molecule has 1 heterocycles. The second kappa shape index (κ2) is 6.80. The topological polar surface area (TPSA) is 43.9 Å². The molecule has 1 saturated heterocycles. The number of urea groups is 1. The Kier molecular flexibility index (Phi) is 5.07. The largest absolute Gasteiger partial charge is 0.342 e. The zero-order valence-corrected chi connectivity index (χ0v) is 13.1. The number of carbonyl (C=O) groups is 2. The monoisotopic (exact) mass is 309 g/mol. The van der Waals surface area contributed by atoms with Gasteiger partial charge in [-0.05, 0) is 32.0 Å². The van der Waals surface area contributed by atoms with Crippen molar-refractivity contribution < 1.29 is 9.59 Å². The second-order valence-corrected chi connectivity index (χ2v) is 5.34. The molecule has 21 heavy (non-hydrogen) atoms. The van der Waals surface area contributed by atoms with Crippen LogP contribution in [0.4, 0.5) is 10.5 Å². The van der Waals surface area contributed by atoms with Crippen molar-refractivity contribution in [3.8, 4) is 0 Å². The van der Waals surface area contributed by atoms with Crippen LogP contribution in [0.15, 0.2) is 24.3 Å². The maximum atomic E-state index is 12.4. The average Bonchev–Trinajstić information content (AvgIpc) is 2.81. The molecule has 1 aliphatic heterocycles. The maximum Gasteiger partial charge on any atom is 0.325 e. The minimum Gasteiger partial charge on any atom is -0.342 e. The molecule has 0 N–H and O–H groups in total. The summed E-state index contributed by atoms with van der Waals surface area (Å²) in [6.07, 6.45) is 0. The van der Waals surface area contributed by atoms with Gasteiger partial charge >= 0.3 is 6.03 Å². The van der Waals surface area contributed by atoms with Crippen LogP contribution in [-0.2, 0) is 4.79 Å². The van der Waals surface area contributed by atoms with E-state index in [1.54, 1.807) is 26.8 Å². The Hall–Kier alpha value is -1.75. The van der Waals surface area contributed by atoms with Crippen molar-refractivity contribution in [1.82, 2.24) is 9.80 Å². The van der Waals surface area contributed by atoms with E-state index in [1.807, 2.05) is 26.0 Å². The highest BCUT2D eigenvalue weighted by molar-refractivity contribution is 6.30. The van der Waals surface area contributed by atoms with Gasteiger partial charge in [-0.25, -0.2) is 4.79 Å². The Morgan fingerprint density at radius 2 is 2.00 bits per heavy atom. The third-order valence-electron chi connectivity index (χ3n) is 3.66. The molecule has 0 radical (unpaired) electrons. The molecule has 1 aromatic rings. The van der Waals surface area contributed by atoms with Crippen molar-refractivity contribution in [3.05, 3.63) is 29.3 Å². The van der Waals surface area contributed by atoms with Crippen molar-refractivity contribution in [2.75, 3.05) is 37.6 Å². The number of halogens is 1. The fraction of sp³-hybridized carbons (Fsp3) is 0.467. The van der Waals surface area contributed by atoms with E-state index in [1.165, 1.54) is 0 Å². The minimum absolute atomic E-state index is 0.0127. The molecule has 0 bridgehead atoms. The molecule has 0 saturated carbocycles. The number of nitrogens with zero attached hydrogens (tertiary/aromatic N) is 3. The van der Waals surface area contributed by atoms with Gasteiger partial charge in [0.25, 0.3) is 0 Å². The molecule has 2 rings (SSSR count). The lowest BCUT2D eigenvalue weighted by Gasteiger charge is -2.23. The van der Waals surface area contributed by atoms with E-state index < -0.39 is 0 Å². The molecule has 114 valence electrons. The van der Waals surface area contributed by atoms with E-state index in [0.717, 1.165) is 5.69 Å². The molecule has 0 unspecified atom stereocenters. The van der Waals surface area contributed by atoms with Crippen LogP contribution in [0.3, 0.4) is 0 Å². The quantitative estimate of drug-likeness (QED) is 0.838. The summed E-state index contributed by atoms with van der Waals surface area (Å²) in [4.78, 5) is 29.5. The number of hydrogen-bond donors (Lipinski definition) is 0. The summed E-state index contributed by atoms with van der Waals surface area (Å²) in [5.74, 6) is -0.0127. The van der Waals surface area contributed by atoms with Crippen LogP contribution in [0, 0.1) is 0 Å². The van der Waals surface area contributed by atoms with Crippen molar-refractivity contribution in [1.29, 1.82) is 0 Å². The zero-order chi connectivity index (χ0) is 15.4. The number of carbonyl (C=O) groups excluding carboxylic acids is 2. The molecule has 1 aliphatic rings. The lowest BCUT2D eigenvalue weighted by Crippen LogP contribution is -2.42. The van der Waals surface area contributed by atoms with Crippen LogP contribution in [0.2, 0.25) is 5.02 Å². The molecule has 3 amide bonds. The number of benzene rings is 1. The van der Waals surface area contributed by atoms with Crippen molar-refractivity contribution >= 4 is 29.2 Å². The highest BCUT2D eigenvalue weighted by Crippen LogP contribution is 2.23. The molecule has 0 aliphatic carbocycles. The van der Waals surface area contributed by atoms with Gasteiger partial charge in [-0.3, -0.25) is 9.69 Å². The molecule has 5 nitrogen and oxygen atoms in total. The first kappa shape index (κ1) is 15.6. The summed E-state index contributed by atoms with van der Waals surface area (Å²) in [7, 11) is 0. The van der Waals surface area contributed by atoms with Gasteiger partial charge in [-0.1, -0.05) is 17.7 Å². The average molecular weight is 310 g/mol. The van der Waals surface area contributed by atoms with Crippen LogP contribution < -0.4 is 4.90 Å². The number of likely N-dealkylation sites (N-methyl/N-ethyl adjacent to an activating group) is 1. The number of amides is 3. The van der Waals surface area contributed by atoms with Crippen molar-refractivity contribution in [3.63, 3.8) is 0 Å². The lowest BCUT2D eigenvalue weighted by molar-refractivity contribution is -0.131. The van der Waals surface area contributed by atoms with Gasteiger partial charge in [0, 0.05) is 36.9 Å². The van der Waals surface area contributed by atoms with Gasteiger partial charge in [0.1, 0.15) is 6.54 Å². The van der Waals surface area contributed by atoms with E-state index in [4.69, 9.17) is 11.6 Å². The summed E-state index contributed by atoms with van der Waals surface area (Å²) in [6.45, 7) is 6.46. The normalized spacial score (nSPS) is 14.7.